The average molecular weight is 248 g/mol. The minimum atomic E-state index is 0.00198. The van der Waals surface area contributed by atoms with Crippen LogP contribution in [0.3, 0.4) is 0 Å². The van der Waals surface area contributed by atoms with Crippen LogP contribution in [-0.4, -0.2) is 12.5 Å². The predicted molar refractivity (Wildman–Crippen MR) is 75.1 cm³/mol. The van der Waals surface area contributed by atoms with Crippen molar-refractivity contribution in [3.05, 3.63) is 35.9 Å². The van der Waals surface area contributed by atoms with Gasteiger partial charge in [-0.05, 0) is 18.4 Å². The van der Waals surface area contributed by atoms with Crippen molar-refractivity contribution in [3.63, 3.8) is 0 Å². The Morgan fingerprint density at radius 1 is 1.28 bits per heavy atom. The number of nitrogens with one attached hydrogen (secondary N) is 1. The van der Waals surface area contributed by atoms with Gasteiger partial charge < -0.3 is 11.1 Å². The van der Waals surface area contributed by atoms with E-state index in [-0.39, 0.29) is 11.9 Å². The summed E-state index contributed by atoms with van der Waals surface area (Å²) < 4.78 is 0. The molecule has 18 heavy (non-hydrogen) atoms. The van der Waals surface area contributed by atoms with Gasteiger partial charge in [-0.25, -0.2) is 0 Å². The summed E-state index contributed by atoms with van der Waals surface area (Å²) in [5.41, 5.74) is 7.17. The number of amides is 1. The maximum atomic E-state index is 11.5. The quantitative estimate of drug-likeness (QED) is 0.695. The Bertz CT molecular complexity index is 338. The summed E-state index contributed by atoms with van der Waals surface area (Å²) in [7, 11) is 0. The lowest BCUT2D eigenvalue weighted by Crippen LogP contribution is -2.26. The fourth-order valence-corrected chi connectivity index (χ4v) is 1.86. The topological polar surface area (TPSA) is 55.1 Å². The fourth-order valence-electron chi connectivity index (χ4n) is 1.86. The second kappa shape index (κ2) is 8.70. The van der Waals surface area contributed by atoms with Gasteiger partial charge in [0.25, 0.3) is 0 Å². The standard InChI is InChI=1S/C15H24N2O/c1-2-3-5-10-15(18)17-12-11-14(16)13-8-6-4-7-9-13/h4,6-9,14H,2-3,5,10-12,16H2,1H3,(H,17,18). The second-order valence-electron chi connectivity index (χ2n) is 4.61. The van der Waals surface area contributed by atoms with Gasteiger partial charge in [0.15, 0.2) is 0 Å². The van der Waals surface area contributed by atoms with E-state index in [1.807, 2.05) is 30.3 Å². The molecule has 3 heteroatoms. The largest absolute Gasteiger partial charge is 0.356 e. The molecule has 0 bridgehead atoms. The van der Waals surface area contributed by atoms with Crippen molar-refractivity contribution in [1.29, 1.82) is 0 Å². The minimum absolute atomic E-state index is 0.00198. The van der Waals surface area contributed by atoms with Crippen molar-refractivity contribution in [2.24, 2.45) is 5.73 Å². The van der Waals surface area contributed by atoms with E-state index in [2.05, 4.69) is 12.2 Å². The first-order chi connectivity index (χ1) is 8.74. The molecule has 0 heterocycles. The van der Waals surface area contributed by atoms with Crippen LogP contribution < -0.4 is 11.1 Å². The van der Waals surface area contributed by atoms with Gasteiger partial charge in [-0.2, -0.15) is 0 Å². The lowest BCUT2D eigenvalue weighted by Gasteiger charge is -2.12. The number of benzene rings is 1. The average Bonchev–Trinajstić information content (AvgIpc) is 2.40. The molecule has 0 aliphatic heterocycles. The van der Waals surface area contributed by atoms with Crippen molar-refractivity contribution < 1.29 is 4.79 Å². The van der Waals surface area contributed by atoms with Crippen LogP contribution >= 0.6 is 0 Å². The normalized spacial score (nSPS) is 12.1. The van der Waals surface area contributed by atoms with Crippen molar-refractivity contribution >= 4 is 5.91 Å². The van der Waals surface area contributed by atoms with Crippen molar-refractivity contribution in [2.45, 2.75) is 45.1 Å². The zero-order valence-electron chi connectivity index (χ0n) is 11.2. The van der Waals surface area contributed by atoms with E-state index in [0.29, 0.717) is 13.0 Å². The first-order valence-corrected chi connectivity index (χ1v) is 6.81. The zero-order valence-corrected chi connectivity index (χ0v) is 11.2. The molecule has 3 N–H and O–H groups in total. The molecular formula is C15H24N2O. The molecule has 0 fully saturated rings. The van der Waals surface area contributed by atoms with Gasteiger partial charge >= 0.3 is 0 Å². The molecule has 100 valence electrons. The number of carbonyl (C=O) groups excluding carboxylic acids is 1. The first-order valence-electron chi connectivity index (χ1n) is 6.81. The van der Waals surface area contributed by atoms with Crippen LogP contribution in [0.5, 0.6) is 0 Å². The summed E-state index contributed by atoms with van der Waals surface area (Å²) in [6.07, 6.45) is 4.66. The molecule has 0 spiro atoms. The molecule has 1 atom stereocenters. The van der Waals surface area contributed by atoms with E-state index in [4.69, 9.17) is 5.73 Å². The monoisotopic (exact) mass is 248 g/mol. The van der Waals surface area contributed by atoms with E-state index in [0.717, 1.165) is 31.2 Å². The molecule has 0 aliphatic carbocycles. The Morgan fingerprint density at radius 2 is 2.00 bits per heavy atom. The third kappa shape index (κ3) is 5.82. The van der Waals surface area contributed by atoms with Gasteiger partial charge in [-0.1, -0.05) is 50.1 Å². The number of hydrogen-bond acceptors (Lipinski definition) is 2. The Hall–Kier alpha value is -1.35. The molecule has 0 aliphatic rings. The fraction of sp³-hybridized carbons (Fsp3) is 0.533. The smallest absolute Gasteiger partial charge is 0.219 e. The summed E-state index contributed by atoms with van der Waals surface area (Å²) in [6, 6.07) is 9.99. The molecule has 3 nitrogen and oxygen atoms in total. The zero-order chi connectivity index (χ0) is 13.2. The summed E-state index contributed by atoms with van der Waals surface area (Å²) in [6.45, 7) is 2.79. The van der Waals surface area contributed by atoms with Crippen LogP contribution in [0.25, 0.3) is 0 Å². The predicted octanol–water partition coefficient (Wildman–Crippen LogP) is 2.77. The van der Waals surface area contributed by atoms with Crippen LogP contribution in [-0.2, 0) is 4.79 Å². The summed E-state index contributed by atoms with van der Waals surface area (Å²) in [5, 5.41) is 2.92. The SMILES string of the molecule is CCCCCC(=O)NCCC(N)c1ccccc1. The van der Waals surface area contributed by atoms with Crippen LogP contribution in [0, 0.1) is 0 Å². The van der Waals surface area contributed by atoms with Gasteiger partial charge in [-0.15, -0.1) is 0 Å². The number of hydrogen-bond donors (Lipinski definition) is 2. The molecule has 1 unspecified atom stereocenters. The van der Waals surface area contributed by atoms with Crippen molar-refractivity contribution in [3.8, 4) is 0 Å². The van der Waals surface area contributed by atoms with Crippen LogP contribution in [0.2, 0.25) is 0 Å². The number of unbranched alkanes of at least 4 members (excludes halogenated alkanes) is 2. The molecule has 1 aromatic carbocycles. The minimum Gasteiger partial charge on any atom is -0.356 e. The molecule has 0 saturated heterocycles. The van der Waals surface area contributed by atoms with E-state index in [9.17, 15) is 4.79 Å². The van der Waals surface area contributed by atoms with Crippen molar-refractivity contribution in [1.82, 2.24) is 5.32 Å². The molecule has 0 aromatic heterocycles. The van der Waals surface area contributed by atoms with Crippen LogP contribution in [0.15, 0.2) is 30.3 Å². The number of nitrogens with two attached hydrogens (primary N) is 1. The highest BCUT2D eigenvalue weighted by Gasteiger charge is 2.06. The van der Waals surface area contributed by atoms with E-state index in [1.165, 1.54) is 0 Å². The Kier molecular flexibility index (Phi) is 7.11. The van der Waals surface area contributed by atoms with Gasteiger partial charge in [0, 0.05) is 19.0 Å². The molecule has 1 rings (SSSR count). The third-order valence-electron chi connectivity index (χ3n) is 3.01. The molecular weight excluding hydrogens is 224 g/mol. The second-order valence-corrected chi connectivity index (χ2v) is 4.61. The molecule has 0 saturated carbocycles. The van der Waals surface area contributed by atoms with Gasteiger partial charge in [-0.3, -0.25) is 4.79 Å². The Labute approximate surface area is 110 Å². The van der Waals surface area contributed by atoms with E-state index < -0.39 is 0 Å². The first kappa shape index (κ1) is 14.7. The highest BCUT2D eigenvalue weighted by Crippen LogP contribution is 2.12. The Balaban J connectivity index is 2.16. The number of carbonyl (C=O) groups is 1. The molecule has 0 radical (unpaired) electrons. The Morgan fingerprint density at radius 3 is 2.67 bits per heavy atom. The lowest BCUT2D eigenvalue weighted by atomic mass is 10.1. The summed E-state index contributed by atoms with van der Waals surface area (Å²) in [5.74, 6) is 0.142. The van der Waals surface area contributed by atoms with Crippen LogP contribution in [0.1, 0.15) is 50.6 Å². The van der Waals surface area contributed by atoms with Crippen molar-refractivity contribution in [2.75, 3.05) is 6.54 Å². The lowest BCUT2D eigenvalue weighted by molar-refractivity contribution is -0.121. The maximum Gasteiger partial charge on any atom is 0.219 e. The summed E-state index contributed by atoms with van der Waals surface area (Å²) in [4.78, 5) is 11.5. The highest BCUT2D eigenvalue weighted by atomic mass is 16.1. The summed E-state index contributed by atoms with van der Waals surface area (Å²) >= 11 is 0. The molecule has 1 amide bonds. The van der Waals surface area contributed by atoms with Gasteiger partial charge in [0.2, 0.25) is 5.91 Å². The molecule has 1 aromatic rings. The van der Waals surface area contributed by atoms with Gasteiger partial charge in [0.05, 0.1) is 0 Å². The highest BCUT2D eigenvalue weighted by molar-refractivity contribution is 5.75. The number of rotatable bonds is 8. The van der Waals surface area contributed by atoms with Crippen LogP contribution in [0.4, 0.5) is 0 Å². The maximum absolute atomic E-state index is 11.5. The van der Waals surface area contributed by atoms with E-state index in [1.54, 1.807) is 0 Å². The third-order valence-corrected chi connectivity index (χ3v) is 3.01. The van der Waals surface area contributed by atoms with Gasteiger partial charge in [0.1, 0.15) is 0 Å². The van der Waals surface area contributed by atoms with E-state index >= 15 is 0 Å².